The SMILES string of the molecule is CCN(C(=O)NC(=O)c1c(F)c(F)c(F)c(F)c1F)C(C=Nc1cccnc1)C(=N)Cl. The van der Waals surface area contributed by atoms with Crippen LogP contribution in [0, 0.1) is 34.5 Å². The van der Waals surface area contributed by atoms with Gasteiger partial charge in [-0.25, -0.2) is 26.7 Å². The van der Waals surface area contributed by atoms with Crippen LogP contribution in [0.1, 0.15) is 17.3 Å². The molecule has 2 N–H and O–H groups in total. The quantitative estimate of drug-likeness (QED) is 0.295. The fourth-order valence-corrected chi connectivity index (χ4v) is 2.55. The zero-order valence-corrected chi connectivity index (χ0v) is 16.4. The molecule has 0 aliphatic rings. The molecule has 1 unspecified atom stereocenters. The van der Waals surface area contributed by atoms with Crippen molar-refractivity contribution < 1.29 is 31.5 Å². The number of halogens is 6. The Balaban J connectivity index is 2.30. The number of hydrogen-bond acceptors (Lipinski definition) is 5. The highest BCUT2D eigenvalue weighted by molar-refractivity contribution is 6.67. The Morgan fingerprint density at radius 3 is 2.26 bits per heavy atom. The minimum Gasteiger partial charge on any atom is -0.310 e. The van der Waals surface area contributed by atoms with Crippen molar-refractivity contribution in [2.24, 2.45) is 4.99 Å². The minimum atomic E-state index is -2.45. The van der Waals surface area contributed by atoms with Crippen molar-refractivity contribution in [3.8, 4) is 0 Å². The number of amides is 3. The van der Waals surface area contributed by atoms with Crippen molar-refractivity contribution in [2.75, 3.05) is 6.54 Å². The first-order valence-corrected chi connectivity index (χ1v) is 8.79. The molecule has 13 heteroatoms. The van der Waals surface area contributed by atoms with E-state index in [-0.39, 0.29) is 6.54 Å². The number of imide groups is 1. The second-order valence-electron chi connectivity index (χ2n) is 5.77. The number of rotatable bonds is 6. The van der Waals surface area contributed by atoms with Crippen LogP contribution in [0.5, 0.6) is 0 Å². The highest BCUT2D eigenvalue weighted by atomic mass is 35.5. The Hall–Kier alpha value is -3.41. The van der Waals surface area contributed by atoms with E-state index >= 15 is 0 Å². The molecule has 31 heavy (non-hydrogen) atoms. The molecule has 0 radical (unpaired) electrons. The van der Waals surface area contributed by atoms with Crippen molar-refractivity contribution in [1.29, 1.82) is 5.41 Å². The Bertz CT molecular complexity index is 1020. The molecule has 1 aromatic heterocycles. The summed E-state index contributed by atoms with van der Waals surface area (Å²) in [4.78, 5) is 33.1. The number of hydrogen-bond donors (Lipinski definition) is 2. The third-order valence-corrected chi connectivity index (χ3v) is 4.09. The normalized spacial score (nSPS) is 12.0. The van der Waals surface area contributed by atoms with Crippen molar-refractivity contribution in [3.63, 3.8) is 0 Å². The molecule has 0 fully saturated rings. The smallest absolute Gasteiger partial charge is 0.310 e. The monoisotopic (exact) mass is 461 g/mol. The number of benzene rings is 1. The fraction of sp³-hybridized carbons (Fsp3) is 0.167. The van der Waals surface area contributed by atoms with Gasteiger partial charge in [0, 0.05) is 19.0 Å². The molecule has 7 nitrogen and oxygen atoms in total. The largest absolute Gasteiger partial charge is 0.325 e. The van der Waals surface area contributed by atoms with E-state index in [4.69, 9.17) is 17.0 Å². The predicted octanol–water partition coefficient (Wildman–Crippen LogP) is 3.94. The number of aliphatic imine (C=N–C) groups is 1. The van der Waals surface area contributed by atoms with Crippen LogP contribution in [0.25, 0.3) is 0 Å². The summed E-state index contributed by atoms with van der Waals surface area (Å²) in [5.74, 6) is -13.8. The zero-order chi connectivity index (χ0) is 23.3. The highest BCUT2D eigenvalue weighted by Crippen LogP contribution is 2.23. The molecule has 0 spiro atoms. The van der Waals surface area contributed by atoms with Crippen molar-refractivity contribution >= 4 is 40.6 Å². The van der Waals surface area contributed by atoms with Crippen LogP contribution in [0.2, 0.25) is 0 Å². The molecule has 2 aromatic rings. The molecule has 2 rings (SSSR count). The van der Waals surface area contributed by atoms with E-state index in [0.717, 1.165) is 11.1 Å². The van der Waals surface area contributed by atoms with Crippen LogP contribution >= 0.6 is 11.6 Å². The number of nitrogens with zero attached hydrogens (tertiary/aromatic N) is 3. The first-order chi connectivity index (χ1) is 14.6. The lowest BCUT2D eigenvalue weighted by molar-refractivity contribution is 0.0941. The highest BCUT2D eigenvalue weighted by Gasteiger charge is 2.32. The van der Waals surface area contributed by atoms with Crippen molar-refractivity contribution in [2.45, 2.75) is 13.0 Å². The molecular formula is C18H13ClF5N5O2. The van der Waals surface area contributed by atoms with Gasteiger partial charge in [-0.15, -0.1) is 0 Å². The molecular weight excluding hydrogens is 449 g/mol. The Kier molecular flexibility index (Phi) is 7.75. The van der Waals surface area contributed by atoms with Crippen LogP contribution < -0.4 is 5.32 Å². The van der Waals surface area contributed by atoms with Gasteiger partial charge >= 0.3 is 6.03 Å². The maximum absolute atomic E-state index is 13.8. The second kappa shape index (κ2) is 10.1. The third kappa shape index (κ3) is 5.20. The lowest BCUT2D eigenvalue weighted by Crippen LogP contribution is -2.50. The van der Waals surface area contributed by atoms with Gasteiger partial charge in [0.15, 0.2) is 23.3 Å². The summed E-state index contributed by atoms with van der Waals surface area (Å²) >= 11 is 5.70. The molecule has 3 amide bonds. The summed E-state index contributed by atoms with van der Waals surface area (Å²) in [5, 5.41) is 8.55. The van der Waals surface area contributed by atoms with Gasteiger partial charge < -0.3 is 4.90 Å². The molecule has 0 aliphatic carbocycles. The van der Waals surface area contributed by atoms with Crippen LogP contribution in [0.15, 0.2) is 29.5 Å². The average molecular weight is 462 g/mol. The van der Waals surface area contributed by atoms with E-state index in [1.807, 2.05) is 0 Å². The van der Waals surface area contributed by atoms with Crippen LogP contribution in [-0.2, 0) is 0 Å². The topological polar surface area (TPSA) is 98.5 Å². The van der Waals surface area contributed by atoms with Gasteiger partial charge in [0.25, 0.3) is 5.91 Å². The number of nitrogens with one attached hydrogen (secondary N) is 2. The van der Waals surface area contributed by atoms with Crippen molar-refractivity contribution in [3.05, 3.63) is 59.2 Å². The standard InChI is InChI=1S/C18H13ClF5N5O2/c1-2-29(9(16(19)25)7-27-8-4-3-5-26-6-8)18(31)28-17(30)10-11(20)13(22)15(24)14(23)12(10)21/h3-7,9,25H,2H2,1H3,(H,28,30,31). The molecule has 0 saturated carbocycles. The Morgan fingerprint density at radius 1 is 1.19 bits per heavy atom. The lowest BCUT2D eigenvalue weighted by atomic mass is 10.1. The zero-order valence-electron chi connectivity index (χ0n) is 15.6. The van der Waals surface area contributed by atoms with Gasteiger partial charge in [-0.3, -0.25) is 25.5 Å². The number of pyridine rings is 1. The van der Waals surface area contributed by atoms with E-state index in [1.165, 1.54) is 24.6 Å². The van der Waals surface area contributed by atoms with Crippen LogP contribution in [0.3, 0.4) is 0 Å². The molecule has 1 atom stereocenters. The summed E-state index contributed by atoms with van der Waals surface area (Å²) in [6.07, 6.45) is 3.93. The van der Waals surface area contributed by atoms with Crippen LogP contribution in [0.4, 0.5) is 32.4 Å². The molecule has 0 bridgehead atoms. The van der Waals surface area contributed by atoms with Gasteiger partial charge in [0.05, 0.1) is 11.9 Å². The summed E-state index contributed by atoms with van der Waals surface area (Å²) in [6.45, 7) is 1.25. The Morgan fingerprint density at radius 2 is 1.77 bits per heavy atom. The average Bonchev–Trinajstić information content (AvgIpc) is 2.74. The van der Waals surface area contributed by atoms with Crippen LogP contribution in [-0.4, -0.2) is 45.8 Å². The van der Waals surface area contributed by atoms with Crippen molar-refractivity contribution in [1.82, 2.24) is 15.2 Å². The van der Waals surface area contributed by atoms with Gasteiger partial charge in [-0.05, 0) is 19.1 Å². The van der Waals surface area contributed by atoms with Gasteiger partial charge in [-0.2, -0.15) is 0 Å². The predicted molar refractivity (Wildman–Crippen MR) is 101 cm³/mol. The summed E-state index contributed by atoms with van der Waals surface area (Å²) in [6, 6.07) is 0.503. The first kappa shape index (κ1) is 23.9. The van der Waals surface area contributed by atoms with E-state index in [9.17, 15) is 31.5 Å². The van der Waals surface area contributed by atoms with Gasteiger partial charge in [-0.1, -0.05) is 11.6 Å². The van der Waals surface area contributed by atoms with E-state index in [2.05, 4.69) is 9.98 Å². The van der Waals surface area contributed by atoms with Gasteiger partial charge in [0.2, 0.25) is 5.82 Å². The van der Waals surface area contributed by atoms with E-state index in [0.29, 0.717) is 5.69 Å². The molecule has 164 valence electrons. The minimum absolute atomic E-state index is 0.172. The second-order valence-corrected chi connectivity index (χ2v) is 6.18. The number of urea groups is 1. The number of carbonyl (C=O) groups is 2. The summed E-state index contributed by atoms with van der Waals surface area (Å²) < 4.78 is 67.4. The number of aromatic nitrogens is 1. The number of carbonyl (C=O) groups excluding carboxylic acids is 2. The fourth-order valence-electron chi connectivity index (χ4n) is 2.37. The molecule has 0 aliphatic heterocycles. The first-order valence-electron chi connectivity index (χ1n) is 8.41. The summed E-state index contributed by atoms with van der Waals surface area (Å²) in [5.41, 5.74) is -1.48. The molecule has 1 aromatic carbocycles. The molecule has 0 saturated heterocycles. The maximum atomic E-state index is 13.8. The van der Waals surface area contributed by atoms with E-state index < -0.39 is 57.8 Å². The van der Waals surface area contributed by atoms with Gasteiger partial charge in [0.1, 0.15) is 16.8 Å². The third-order valence-electron chi connectivity index (χ3n) is 3.87. The maximum Gasteiger partial charge on any atom is 0.325 e. The lowest BCUT2D eigenvalue weighted by Gasteiger charge is -2.26. The van der Waals surface area contributed by atoms with E-state index in [1.54, 1.807) is 12.1 Å². The Labute approximate surface area is 177 Å². The molecule has 1 heterocycles. The summed E-state index contributed by atoms with van der Waals surface area (Å²) in [7, 11) is 0.